The normalized spacial score (nSPS) is 11.6. The van der Waals surface area contributed by atoms with Gasteiger partial charge >= 0.3 is 0 Å². The number of benzene rings is 2. The van der Waals surface area contributed by atoms with Crippen LogP contribution in [0.5, 0.6) is 17.2 Å². The molecule has 26 heavy (non-hydrogen) atoms. The van der Waals surface area contributed by atoms with Gasteiger partial charge in [0.2, 0.25) is 0 Å². The van der Waals surface area contributed by atoms with Crippen molar-refractivity contribution in [1.82, 2.24) is 5.32 Å². The number of amides is 1. The van der Waals surface area contributed by atoms with Crippen LogP contribution in [0.4, 0.5) is 0 Å². The fourth-order valence-corrected chi connectivity index (χ4v) is 2.68. The van der Waals surface area contributed by atoms with Crippen LogP contribution in [0.1, 0.15) is 36.1 Å². The Morgan fingerprint density at radius 1 is 1.00 bits per heavy atom. The molecule has 0 aromatic heterocycles. The highest BCUT2D eigenvalue weighted by atomic mass is 16.5. The van der Waals surface area contributed by atoms with Gasteiger partial charge in [0.15, 0.2) is 18.1 Å². The largest absolute Gasteiger partial charge is 0.493 e. The monoisotopic (exact) mass is 357 g/mol. The van der Waals surface area contributed by atoms with Gasteiger partial charge in [0.1, 0.15) is 5.75 Å². The van der Waals surface area contributed by atoms with Crippen molar-refractivity contribution in [2.24, 2.45) is 0 Å². The van der Waals surface area contributed by atoms with Crippen LogP contribution in [0.25, 0.3) is 0 Å². The second kappa shape index (κ2) is 9.13. The average molecular weight is 357 g/mol. The fraction of sp³-hybridized carbons (Fsp3) is 0.381. The minimum absolute atomic E-state index is 0.0215. The van der Waals surface area contributed by atoms with E-state index in [-0.39, 0.29) is 18.6 Å². The summed E-state index contributed by atoms with van der Waals surface area (Å²) in [5.41, 5.74) is 3.30. The number of ether oxygens (including phenoxy) is 3. The summed E-state index contributed by atoms with van der Waals surface area (Å²) in [6.07, 6.45) is 0.755. The lowest BCUT2D eigenvalue weighted by Crippen LogP contribution is -2.32. The Hall–Kier alpha value is -2.69. The van der Waals surface area contributed by atoms with Crippen LogP contribution < -0.4 is 19.5 Å². The summed E-state index contributed by atoms with van der Waals surface area (Å²) in [6, 6.07) is 11.3. The average Bonchev–Trinajstić information content (AvgIpc) is 2.66. The van der Waals surface area contributed by atoms with Crippen LogP contribution in [0.2, 0.25) is 0 Å². The van der Waals surface area contributed by atoms with Gasteiger partial charge in [-0.25, -0.2) is 0 Å². The standard InChI is InChI=1S/C21H27NO4/c1-6-18(16-8-10-19(24-4)20(12-16)25-5)22-21(23)13-26-17-9-7-14(2)15(3)11-17/h7-12,18H,6,13H2,1-5H3,(H,22,23). The van der Waals surface area contributed by atoms with E-state index in [1.54, 1.807) is 14.2 Å². The van der Waals surface area contributed by atoms with E-state index in [1.165, 1.54) is 5.56 Å². The molecular formula is C21H27NO4. The summed E-state index contributed by atoms with van der Waals surface area (Å²) in [6.45, 7) is 6.06. The molecule has 0 fully saturated rings. The van der Waals surface area contributed by atoms with Crippen molar-refractivity contribution in [3.8, 4) is 17.2 Å². The molecule has 0 saturated carbocycles. The Morgan fingerprint density at radius 3 is 2.35 bits per heavy atom. The van der Waals surface area contributed by atoms with Crippen molar-refractivity contribution < 1.29 is 19.0 Å². The van der Waals surface area contributed by atoms with Crippen molar-refractivity contribution >= 4 is 5.91 Å². The second-order valence-corrected chi connectivity index (χ2v) is 6.18. The Kier molecular flexibility index (Phi) is 6.89. The van der Waals surface area contributed by atoms with Crippen LogP contribution >= 0.6 is 0 Å². The fourth-order valence-electron chi connectivity index (χ4n) is 2.68. The van der Waals surface area contributed by atoms with E-state index >= 15 is 0 Å². The molecule has 2 aromatic carbocycles. The van der Waals surface area contributed by atoms with Crippen LogP contribution in [0.3, 0.4) is 0 Å². The third-order valence-corrected chi connectivity index (χ3v) is 4.40. The second-order valence-electron chi connectivity index (χ2n) is 6.18. The molecule has 1 N–H and O–H groups in total. The summed E-state index contributed by atoms with van der Waals surface area (Å²) >= 11 is 0. The predicted octanol–water partition coefficient (Wildman–Crippen LogP) is 3.97. The van der Waals surface area contributed by atoms with Gasteiger partial charge in [-0.2, -0.15) is 0 Å². The van der Waals surface area contributed by atoms with Gasteiger partial charge in [-0.1, -0.05) is 19.1 Å². The van der Waals surface area contributed by atoms with E-state index in [1.807, 2.05) is 57.2 Å². The molecule has 1 atom stereocenters. The van der Waals surface area contributed by atoms with Gasteiger partial charge in [-0.15, -0.1) is 0 Å². The summed E-state index contributed by atoms with van der Waals surface area (Å²) in [5, 5.41) is 3.01. The van der Waals surface area contributed by atoms with Crippen molar-refractivity contribution in [2.75, 3.05) is 20.8 Å². The number of hydrogen-bond acceptors (Lipinski definition) is 4. The first-order valence-electron chi connectivity index (χ1n) is 8.69. The highest BCUT2D eigenvalue weighted by Crippen LogP contribution is 2.30. The van der Waals surface area contributed by atoms with Gasteiger partial charge in [-0.3, -0.25) is 4.79 Å². The van der Waals surface area contributed by atoms with Gasteiger partial charge in [-0.05, 0) is 61.2 Å². The number of aryl methyl sites for hydroxylation is 2. The molecule has 0 aliphatic carbocycles. The van der Waals surface area contributed by atoms with E-state index in [2.05, 4.69) is 5.32 Å². The SMILES string of the molecule is CCC(NC(=O)COc1ccc(C)c(C)c1)c1ccc(OC)c(OC)c1. The Labute approximate surface area is 155 Å². The topological polar surface area (TPSA) is 56.8 Å². The lowest BCUT2D eigenvalue weighted by Gasteiger charge is -2.19. The zero-order valence-electron chi connectivity index (χ0n) is 16.1. The first kappa shape index (κ1) is 19.6. The van der Waals surface area contributed by atoms with Crippen LogP contribution in [0, 0.1) is 13.8 Å². The quantitative estimate of drug-likeness (QED) is 0.777. The van der Waals surface area contributed by atoms with Crippen molar-refractivity contribution in [1.29, 1.82) is 0 Å². The minimum Gasteiger partial charge on any atom is -0.493 e. The summed E-state index contributed by atoms with van der Waals surface area (Å²) in [5.74, 6) is 1.84. The van der Waals surface area contributed by atoms with E-state index in [0.29, 0.717) is 17.2 Å². The molecule has 0 heterocycles. The summed E-state index contributed by atoms with van der Waals surface area (Å²) in [4.78, 5) is 12.3. The lowest BCUT2D eigenvalue weighted by atomic mass is 10.0. The van der Waals surface area contributed by atoms with Gasteiger partial charge in [0, 0.05) is 0 Å². The van der Waals surface area contributed by atoms with Crippen molar-refractivity contribution in [2.45, 2.75) is 33.2 Å². The molecule has 0 aliphatic rings. The molecule has 0 aliphatic heterocycles. The van der Waals surface area contributed by atoms with Crippen LogP contribution in [0.15, 0.2) is 36.4 Å². The molecular weight excluding hydrogens is 330 g/mol. The minimum atomic E-state index is -0.162. The molecule has 0 saturated heterocycles. The molecule has 2 aromatic rings. The Bertz CT molecular complexity index is 758. The van der Waals surface area contributed by atoms with E-state index in [0.717, 1.165) is 17.5 Å². The molecule has 1 amide bonds. The number of carbonyl (C=O) groups excluding carboxylic acids is 1. The maximum atomic E-state index is 12.3. The zero-order chi connectivity index (χ0) is 19.1. The summed E-state index contributed by atoms with van der Waals surface area (Å²) < 4.78 is 16.2. The number of rotatable bonds is 8. The highest BCUT2D eigenvalue weighted by molar-refractivity contribution is 5.78. The maximum absolute atomic E-state index is 12.3. The Balaban J connectivity index is 2.00. The van der Waals surface area contributed by atoms with Crippen molar-refractivity contribution in [3.63, 3.8) is 0 Å². The van der Waals surface area contributed by atoms with Gasteiger partial charge < -0.3 is 19.5 Å². The molecule has 1 unspecified atom stereocenters. The van der Waals surface area contributed by atoms with E-state index < -0.39 is 0 Å². The number of nitrogens with one attached hydrogen (secondary N) is 1. The molecule has 0 bridgehead atoms. The first-order chi connectivity index (χ1) is 12.5. The third kappa shape index (κ3) is 4.91. The zero-order valence-corrected chi connectivity index (χ0v) is 16.1. The molecule has 5 nitrogen and oxygen atoms in total. The first-order valence-corrected chi connectivity index (χ1v) is 8.69. The van der Waals surface area contributed by atoms with Gasteiger partial charge in [0.25, 0.3) is 5.91 Å². The molecule has 0 spiro atoms. The Morgan fingerprint density at radius 2 is 1.73 bits per heavy atom. The molecule has 5 heteroatoms. The third-order valence-electron chi connectivity index (χ3n) is 4.40. The number of carbonyl (C=O) groups is 1. The van der Waals surface area contributed by atoms with Crippen LogP contribution in [-0.4, -0.2) is 26.7 Å². The molecule has 0 radical (unpaired) electrons. The smallest absolute Gasteiger partial charge is 0.258 e. The number of hydrogen-bond donors (Lipinski definition) is 1. The van der Waals surface area contributed by atoms with E-state index in [9.17, 15) is 4.79 Å². The summed E-state index contributed by atoms with van der Waals surface area (Å²) in [7, 11) is 3.19. The lowest BCUT2D eigenvalue weighted by molar-refractivity contribution is -0.123. The van der Waals surface area contributed by atoms with E-state index in [4.69, 9.17) is 14.2 Å². The molecule has 140 valence electrons. The maximum Gasteiger partial charge on any atom is 0.258 e. The van der Waals surface area contributed by atoms with Crippen LogP contribution in [-0.2, 0) is 4.79 Å². The molecule has 2 rings (SSSR count). The van der Waals surface area contributed by atoms with Gasteiger partial charge in [0.05, 0.1) is 20.3 Å². The highest BCUT2D eigenvalue weighted by Gasteiger charge is 2.15. The number of methoxy groups -OCH3 is 2. The van der Waals surface area contributed by atoms with Crippen molar-refractivity contribution in [3.05, 3.63) is 53.1 Å². The predicted molar refractivity (Wildman–Crippen MR) is 102 cm³/mol.